The molecular weight excluding hydrogens is 190 g/mol. The molecule has 0 atom stereocenters. The molecule has 3 heteroatoms. The van der Waals surface area contributed by atoms with E-state index in [0.717, 1.165) is 25.4 Å². The zero-order chi connectivity index (χ0) is 11.7. The first-order valence-corrected chi connectivity index (χ1v) is 5.72. The lowest BCUT2D eigenvalue weighted by Gasteiger charge is -2.04. The van der Waals surface area contributed by atoms with Crippen molar-refractivity contribution in [3.63, 3.8) is 0 Å². The molecule has 0 bridgehead atoms. The Morgan fingerprint density at radius 2 is 1.80 bits per heavy atom. The summed E-state index contributed by atoms with van der Waals surface area (Å²) in [7, 11) is 0. The van der Waals surface area contributed by atoms with Gasteiger partial charge in [0.15, 0.2) is 0 Å². The Labute approximate surface area is 92.3 Å². The van der Waals surface area contributed by atoms with Gasteiger partial charge in [-0.15, -0.1) is 0 Å². The lowest BCUT2D eigenvalue weighted by atomic mass is 10.0. The normalized spacial score (nSPS) is 22.7. The summed E-state index contributed by atoms with van der Waals surface area (Å²) in [5.74, 6) is 0.0127. The van der Waals surface area contributed by atoms with Crippen molar-refractivity contribution in [2.45, 2.75) is 40.5 Å². The van der Waals surface area contributed by atoms with Gasteiger partial charge in [0, 0.05) is 6.42 Å². The summed E-state index contributed by atoms with van der Waals surface area (Å²) in [5, 5.41) is 11.8. The van der Waals surface area contributed by atoms with Crippen LogP contribution in [0.5, 0.6) is 0 Å². The minimum absolute atomic E-state index is 0.268. The Morgan fingerprint density at radius 3 is 2.20 bits per heavy atom. The van der Waals surface area contributed by atoms with Crippen molar-refractivity contribution in [2.75, 3.05) is 13.1 Å². The van der Waals surface area contributed by atoms with E-state index in [1.165, 1.54) is 0 Å². The molecule has 0 aromatic carbocycles. The van der Waals surface area contributed by atoms with Gasteiger partial charge in [0.25, 0.3) is 0 Å². The van der Waals surface area contributed by atoms with Crippen molar-refractivity contribution < 1.29 is 9.90 Å². The van der Waals surface area contributed by atoms with Gasteiger partial charge >= 0.3 is 5.97 Å². The zero-order valence-electron chi connectivity index (χ0n) is 10.3. The number of carbonyl (C=O) groups is 1. The highest BCUT2D eigenvalue weighted by Crippen LogP contribution is 2.67. The lowest BCUT2D eigenvalue weighted by molar-refractivity contribution is -0.137. The summed E-state index contributed by atoms with van der Waals surface area (Å²) in [6.45, 7) is 11.0. The molecule has 0 aliphatic heterocycles. The maximum atomic E-state index is 10.3. The molecule has 0 heterocycles. The third-order valence-electron chi connectivity index (χ3n) is 4.41. The molecule has 1 aliphatic rings. The Hall–Kier alpha value is -0.570. The fraction of sp³-hybridized carbons (Fsp3) is 0.917. The number of carboxylic acid groups (broad SMARTS) is 1. The summed E-state index contributed by atoms with van der Waals surface area (Å²) in [6.07, 6.45) is 0.993. The minimum Gasteiger partial charge on any atom is -0.481 e. The Bertz CT molecular complexity index is 232. The fourth-order valence-electron chi connectivity index (χ4n) is 2.45. The molecule has 1 rings (SSSR count). The van der Waals surface area contributed by atoms with Crippen LogP contribution in [0.1, 0.15) is 40.5 Å². The van der Waals surface area contributed by atoms with E-state index < -0.39 is 5.97 Å². The molecule has 0 unspecified atom stereocenters. The first-order chi connectivity index (χ1) is 6.80. The fourth-order valence-corrected chi connectivity index (χ4v) is 2.45. The Balaban J connectivity index is 2.11. The SMILES string of the molecule is CC1(C)C(CNCCCC(=O)O)C1(C)C. The monoisotopic (exact) mass is 213 g/mol. The van der Waals surface area contributed by atoms with Crippen LogP contribution in [0, 0.1) is 16.7 Å². The predicted molar refractivity (Wildman–Crippen MR) is 60.8 cm³/mol. The summed E-state index contributed by atoms with van der Waals surface area (Å²) >= 11 is 0. The second kappa shape index (κ2) is 4.12. The van der Waals surface area contributed by atoms with Crippen LogP contribution in [-0.2, 0) is 4.79 Å². The molecule has 2 N–H and O–H groups in total. The van der Waals surface area contributed by atoms with E-state index in [0.29, 0.717) is 10.8 Å². The second-order valence-corrected chi connectivity index (χ2v) is 5.70. The number of hydrogen-bond acceptors (Lipinski definition) is 2. The maximum absolute atomic E-state index is 10.3. The van der Waals surface area contributed by atoms with Gasteiger partial charge in [0.1, 0.15) is 0 Å². The van der Waals surface area contributed by atoms with Crippen LogP contribution in [0.15, 0.2) is 0 Å². The summed E-state index contributed by atoms with van der Waals surface area (Å²) < 4.78 is 0. The third-order valence-corrected chi connectivity index (χ3v) is 4.41. The van der Waals surface area contributed by atoms with Crippen molar-refractivity contribution in [1.29, 1.82) is 0 Å². The molecule has 88 valence electrons. The topological polar surface area (TPSA) is 49.3 Å². The summed E-state index contributed by atoms with van der Waals surface area (Å²) in [4.78, 5) is 10.3. The van der Waals surface area contributed by atoms with Crippen LogP contribution in [0.25, 0.3) is 0 Å². The van der Waals surface area contributed by atoms with E-state index in [4.69, 9.17) is 5.11 Å². The highest BCUT2D eigenvalue weighted by molar-refractivity contribution is 5.66. The van der Waals surface area contributed by atoms with Gasteiger partial charge in [-0.3, -0.25) is 4.79 Å². The average Bonchev–Trinajstić information content (AvgIpc) is 2.45. The van der Waals surface area contributed by atoms with Crippen molar-refractivity contribution in [2.24, 2.45) is 16.7 Å². The first kappa shape index (κ1) is 12.5. The van der Waals surface area contributed by atoms with E-state index in [1.54, 1.807) is 0 Å². The molecule has 0 radical (unpaired) electrons. The van der Waals surface area contributed by atoms with Crippen LogP contribution in [0.4, 0.5) is 0 Å². The van der Waals surface area contributed by atoms with Crippen molar-refractivity contribution >= 4 is 5.97 Å². The average molecular weight is 213 g/mol. The highest BCUT2D eigenvalue weighted by atomic mass is 16.4. The highest BCUT2D eigenvalue weighted by Gasteiger charge is 2.63. The predicted octanol–water partition coefficient (Wildman–Crippen LogP) is 2.12. The van der Waals surface area contributed by atoms with Crippen LogP contribution < -0.4 is 5.32 Å². The van der Waals surface area contributed by atoms with Crippen LogP contribution in [0.3, 0.4) is 0 Å². The number of rotatable bonds is 6. The number of carboxylic acids is 1. The van der Waals surface area contributed by atoms with Gasteiger partial charge in [-0.1, -0.05) is 27.7 Å². The number of aliphatic carboxylic acids is 1. The van der Waals surface area contributed by atoms with Crippen molar-refractivity contribution in [3.05, 3.63) is 0 Å². The smallest absolute Gasteiger partial charge is 0.303 e. The molecule has 0 aromatic heterocycles. The quantitative estimate of drug-likeness (QED) is 0.664. The van der Waals surface area contributed by atoms with Gasteiger partial charge in [-0.2, -0.15) is 0 Å². The third kappa shape index (κ3) is 2.51. The van der Waals surface area contributed by atoms with E-state index in [2.05, 4.69) is 33.0 Å². The van der Waals surface area contributed by atoms with Gasteiger partial charge < -0.3 is 10.4 Å². The first-order valence-electron chi connectivity index (χ1n) is 5.72. The van der Waals surface area contributed by atoms with Crippen LogP contribution >= 0.6 is 0 Å². The summed E-state index contributed by atoms with van der Waals surface area (Å²) in [6, 6.07) is 0. The molecule has 0 saturated heterocycles. The molecule has 0 amide bonds. The molecule has 3 nitrogen and oxygen atoms in total. The minimum atomic E-state index is -0.705. The second-order valence-electron chi connectivity index (χ2n) is 5.70. The lowest BCUT2D eigenvalue weighted by Crippen LogP contribution is -2.21. The van der Waals surface area contributed by atoms with E-state index >= 15 is 0 Å². The van der Waals surface area contributed by atoms with Crippen LogP contribution in [0.2, 0.25) is 0 Å². The molecule has 0 spiro atoms. The van der Waals surface area contributed by atoms with Crippen molar-refractivity contribution in [3.8, 4) is 0 Å². The zero-order valence-corrected chi connectivity index (χ0v) is 10.3. The van der Waals surface area contributed by atoms with Gasteiger partial charge in [-0.05, 0) is 36.3 Å². The van der Waals surface area contributed by atoms with E-state index in [9.17, 15) is 4.79 Å². The summed E-state index contributed by atoms with van der Waals surface area (Å²) in [5.41, 5.74) is 0.847. The maximum Gasteiger partial charge on any atom is 0.303 e. The number of nitrogens with one attached hydrogen (secondary N) is 1. The molecule has 1 saturated carbocycles. The van der Waals surface area contributed by atoms with E-state index in [1.807, 2.05) is 0 Å². The number of hydrogen-bond donors (Lipinski definition) is 2. The van der Waals surface area contributed by atoms with Gasteiger partial charge in [0.2, 0.25) is 0 Å². The Kier molecular flexibility index (Phi) is 3.44. The molecular formula is C12H23NO2. The standard InChI is InChI=1S/C12H23NO2/c1-11(2)9(12(11,3)4)8-13-7-5-6-10(14)15/h9,13H,5-8H2,1-4H3,(H,14,15). The van der Waals surface area contributed by atoms with Crippen molar-refractivity contribution in [1.82, 2.24) is 5.32 Å². The largest absolute Gasteiger partial charge is 0.481 e. The van der Waals surface area contributed by atoms with Crippen LogP contribution in [-0.4, -0.2) is 24.2 Å². The van der Waals surface area contributed by atoms with Gasteiger partial charge in [0.05, 0.1) is 0 Å². The van der Waals surface area contributed by atoms with Gasteiger partial charge in [-0.25, -0.2) is 0 Å². The molecule has 0 aromatic rings. The molecule has 1 aliphatic carbocycles. The Morgan fingerprint density at radius 1 is 1.27 bits per heavy atom. The molecule has 1 fully saturated rings. The van der Waals surface area contributed by atoms with E-state index in [-0.39, 0.29) is 6.42 Å². The molecule has 15 heavy (non-hydrogen) atoms.